The van der Waals surface area contributed by atoms with E-state index < -0.39 is 0 Å². The van der Waals surface area contributed by atoms with E-state index in [4.69, 9.17) is 9.15 Å². The SMILES string of the molecule is O=c1cc(CN2CCc3ccccc3C2)occ1OCC1CC2(CNC2)C1. The summed E-state index contributed by atoms with van der Waals surface area (Å²) in [7, 11) is 0. The average molecular weight is 366 g/mol. The van der Waals surface area contributed by atoms with Crippen LogP contribution in [-0.2, 0) is 19.5 Å². The van der Waals surface area contributed by atoms with Crippen molar-refractivity contribution < 1.29 is 9.15 Å². The lowest BCUT2D eigenvalue weighted by Crippen LogP contribution is -2.60. The molecule has 1 N–H and O–H groups in total. The number of benzene rings is 1. The van der Waals surface area contributed by atoms with Crippen LogP contribution in [0.3, 0.4) is 0 Å². The lowest BCUT2D eigenvalue weighted by molar-refractivity contribution is -0.0203. The largest absolute Gasteiger partial charge is 0.486 e. The van der Waals surface area contributed by atoms with Gasteiger partial charge in [0.2, 0.25) is 11.2 Å². The highest BCUT2D eigenvalue weighted by molar-refractivity contribution is 5.29. The topological polar surface area (TPSA) is 54.7 Å². The van der Waals surface area contributed by atoms with Crippen LogP contribution in [0.2, 0.25) is 0 Å². The summed E-state index contributed by atoms with van der Waals surface area (Å²) in [6.45, 7) is 5.44. The molecule has 142 valence electrons. The molecule has 0 radical (unpaired) electrons. The van der Waals surface area contributed by atoms with E-state index in [9.17, 15) is 4.79 Å². The molecule has 0 atom stereocenters. The second kappa shape index (κ2) is 6.80. The van der Waals surface area contributed by atoms with Gasteiger partial charge in [0.05, 0.1) is 13.2 Å². The Morgan fingerprint density at radius 1 is 1.22 bits per heavy atom. The summed E-state index contributed by atoms with van der Waals surface area (Å²) in [5.74, 6) is 1.62. The van der Waals surface area contributed by atoms with Crippen LogP contribution < -0.4 is 15.5 Å². The molecule has 3 heterocycles. The van der Waals surface area contributed by atoms with Crippen molar-refractivity contribution in [3.05, 3.63) is 63.7 Å². The zero-order valence-electron chi connectivity index (χ0n) is 15.6. The highest BCUT2D eigenvalue weighted by atomic mass is 16.5. The Morgan fingerprint density at radius 3 is 2.78 bits per heavy atom. The van der Waals surface area contributed by atoms with E-state index in [0.29, 0.717) is 36.0 Å². The summed E-state index contributed by atoms with van der Waals surface area (Å²) in [6, 6.07) is 10.1. The number of fused-ring (bicyclic) bond motifs is 1. The van der Waals surface area contributed by atoms with Gasteiger partial charge in [-0.05, 0) is 41.7 Å². The van der Waals surface area contributed by atoms with Gasteiger partial charge in [-0.25, -0.2) is 0 Å². The molecule has 27 heavy (non-hydrogen) atoms. The molecule has 3 aliphatic rings. The summed E-state index contributed by atoms with van der Waals surface area (Å²) in [4.78, 5) is 14.7. The van der Waals surface area contributed by atoms with Crippen molar-refractivity contribution in [1.82, 2.24) is 10.2 Å². The van der Waals surface area contributed by atoms with Crippen LogP contribution in [-0.4, -0.2) is 31.1 Å². The van der Waals surface area contributed by atoms with Crippen molar-refractivity contribution in [2.45, 2.75) is 32.4 Å². The lowest BCUT2D eigenvalue weighted by atomic mass is 9.59. The van der Waals surface area contributed by atoms with E-state index in [1.807, 2.05) is 0 Å². The maximum Gasteiger partial charge on any atom is 0.227 e. The van der Waals surface area contributed by atoms with Gasteiger partial charge in [-0.1, -0.05) is 24.3 Å². The summed E-state index contributed by atoms with van der Waals surface area (Å²) < 4.78 is 11.5. The summed E-state index contributed by atoms with van der Waals surface area (Å²) in [6.07, 6.45) is 4.95. The van der Waals surface area contributed by atoms with Crippen molar-refractivity contribution >= 4 is 0 Å². The first-order chi connectivity index (χ1) is 13.2. The molecule has 0 bridgehead atoms. The van der Waals surface area contributed by atoms with E-state index in [1.54, 1.807) is 6.07 Å². The third-order valence-electron chi connectivity index (χ3n) is 6.36. The van der Waals surface area contributed by atoms with Gasteiger partial charge < -0.3 is 14.5 Å². The zero-order chi connectivity index (χ0) is 18.3. The van der Waals surface area contributed by atoms with Gasteiger partial charge in [-0.3, -0.25) is 9.69 Å². The highest BCUT2D eigenvalue weighted by Crippen LogP contribution is 2.48. The summed E-state index contributed by atoms with van der Waals surface area (Å²) >= 11 is 0. The molecule has 1 spiro atoms. The van der Waals surface area contributed by atoms with Crippen LogP contribution in [0.15, 0.2) is 45.8 Å². The van der Waals surface area contributed by atoms with E-state index in [0.717, 1.165) is 32.6 Å². The molecule has 2 fully saturated rings. The maximum absolute atomic E-state index is 12.4. The molecule has 2 aromatic rings. The first-order valence-corrected chi connectivity index (χ1v) is 9.94. The van der Waals surface area contributed by atoms with Crippen LogP contribution in [0.5, 0.6) is 5.75 Å². The first-order valence-electron chi connectivity index (χ1n) is 9.94. The molecule has 1 saturated carbocycles. The summed E-state index contributed by atoms with van der Waals surface area (Å²) in [5, 5.41) is 3.34. The Morgan fingerprint density at radius 2 is 2.04 bits per heavy atom. The Labute approximate surface area is 159 Å². The van der Waals surface area contributed by atoms with Crippen molar-refractivity contribution in [3.63, 3.8) is 0 Å². The van der Waals surface area contributed by atoms with E-state index in [-0.39, 0.29) is 5.43 Å². The van der Waals surface area contributed by atoms with Gasteiger partial charge in [-0.2, -0.15) is 0 Å². The van der Waals surface area contributed by atoms with Gasteiger partial charge in [0.25, 0.3) is 0 Å². The number of ether oxygens (including phenoxy) is 1. The van der Waals surface area contributed by atoms with Gasteiger partial charge in [-0.15, -0.1) is 0 Å². The van der Waals surface area contributed by atoms with Crippen LogP contribution >= 0.6 is 0 Å². The quantitative estimate of drug-likeness (QED) is 0.881. The molecule has 5 heteroatoms. The Bertz CT molecular complexity index is 879. The fraction of sp³-hybridized carbons (Fsp3) is 0.500. The molecule has 5 rings (SSSR count). The molecule has 0 amide bonds. The minimum absolute atomic E-state index is 0.0759. The number of hydrogen-bond donors (Lipinski definition) is 1. The second-order valence-electron chi connectivity index (χ2n) is 8.49. The van der Waals surface area contributed by atoms with Gasteiger partial charge in [0.1, 0.15) is 12.0 Å². The third-order valence-corrected chi connectivity index (χ3v) is 6.36. The minimum Gasteiger partial charge on any atom is -0.486 e. The van der Waals surface area contributed by atoms with Crippen molar-refractivity contribution in [3.8, 4) is 5.75 Å². The van der Waals surface area contributed by atoms with Crippen molar-refractivity contribution in [2.75, 3.05) is 26.2 Å². The number of hydrogen-bond acceptors (Lipinski definition) is 5. The van der Waals surface area contributed by atoms with Crippen LogP contribution in [0.25, 0.3) is 0 Å². The predicted molar refractivity (Wildman–Crippen MR) is 103 cm³/mol. The van der Waals surface area contributed by atoms with E-state index >= 15 is 0 Å². The predicted octanol–water partition coefficient (Wildman–Crippen LogP) is 2.58. The fourth-order valence-corrected chi connectivity index (χ4v) is 4.79. The molecule has 5 nitrogen and oxygen atoms in total. The number of nitrogens with one attached hydrogen (secondary N) is 1. The van der Waals surface area contributed by atoms with Gasteiger partial charge >= 0.3 is 0 Å². The molecule has 1 aromatic heterocycles. The van der Waals surface area contributed by atoms with Gasteiger partial charge in [0, 0.05) is 32.2 Å². The molecule has 1 aliphatic carbocycles. The monoisotopic (exact) mass is 366 g/mol. The minimum atomic E-state index is -0.0759. The van der Waals surface area contributed by atoms with Crippen molar-refractivity contribution in [2.24, 2.45) is 11.3 Å². The Balaban J connectivity index is 1.16. The average Bonchev–Trinajstić information content (AvgIpc) is 2.60. The molecule has 1 aromatic carbocycles. The molecule has 1 saturated heterocycles. The summed E-state index contributed by atoms with van der Waals surface area (Å²) in [5.41, 5.74) is 3.25. The Kier molecular flexibility index (Phi) is 4.29. The van der Waals surface area contributed by atoms with E-state index in [2.05, 4.69) is 34.5 Å². The number of nitrogens with zero attached hydrogens (tertiary/aromatic N) is 1. The van der Waals surface area contributed by atoms with E-state index in [1.165, 1.54) is 30.2 Å². The van der Waals surface area contributed by atoms with Gasteiger partial charge in [0.15, 0.2) is 0 Å². The maximum atomic E-state index is 12.4. The molecule has 2 aliphatic heterocycles. The van der Waals surface area contributed by atoms with Crippen molar-refractivity contribution in [1.29, 1.82) is 0 Å². The zero-order valence-corrected chi connectivity index (χ0v) is 15.6. The van der Waals surface area contributed by atoms with Crippen LogP contribution in [0, 0.1) is 11.3 Å². The molecule has 0 unspecified atom stereocenters. The lowest BCUT2D eigenvalue weighted by Gasteiger charge is -2.54. The molecular formula is C22H26N2O3. The smallest absolute Gasteiger partial charge is 0.227 e. The second-order valence-corrected chi connectivity index (χ2v) is 8.49. The molecular weight excluding hydrogens is 340 g/mol. The normalized spacial score (nSPS) is 21.3. The fourth-order valence-electron chi connectivity index (χ4n) is 4.79. The third kappa shape index (κ3) is 3.42. The Hall–Kier alpha value is -2.11. The first kappa shape index (κ1) is 17.0. The number of rotatable bonds is 5. The van der Waals surface area contributed by atoms with Crippen LogP contribution in [0.4, 0.5) is 0 Å². The van der Waals surface area contributed by atoms with Crippen LogP contribution in [0.1, 0.15) is 29.7 Å². The highest BCUT2D eigenvalue weighted by Gasteiger charge is 2.48. The standard InChI is InChI=1S/C22H26N2O3/c25-20-7-19(11-24-6-5-17-3-1-2-4-18(17)10-24)26-13-21(20)27-12-16-8-22(9-16)14-23-15-22/h1-4,7,13,16,23H,5-6,8-12,14-15H2.